The minimum Gasteiger partial charge on any atom is -0.299 e. The Morgan fingerprint density at radius 3 is 2.06 bits per heavy atom. The summed E-state index contributed by atoms with van der Waals surface area (Å²) in [4.78, 5) is 12.5. The third kappa shape index (κ3) is 2.13. The molecule has 0 fully saturated rings. The van der Waals surface area contributed by atoms with E-state index in [1.807, 2.05) is 58.9 Å². The molecule has 0 amide bonds. The van der Waals surface area contributed by atoms with Crippen LogP contribution in [0.5, 0.6) is 0 Å². The van der Waals surface area contributed by atoms with Crippen molar-refractivity contribution >= 4 is 0 Å². The monoisotopic (exact) mass is 244 g/mol. The Hall–Kier alpha value is -1.77. The molecule has 1 aromatic carbocycles. The molecule has 3 nitrogen and oxygen atoms in total. The van der Waals surface area contributed by atoms with Gasteiger partial charge < -0.3 is 0 Å². The zero-order valence-corrected chi connectivity index (χ0v) is 11.7. The van der Waals surface area contributed by atoms with Crippen LogP contribution in [0.3, 0.4) is 0 Å². The Balaban J connectivity index is 2.63. The van der Waals surface area contributed by atoms with Crippen molar-refractivity contribution in [2.75, 3.05) is 0 Å². The van der Waals surface area contributed by atoms with Gasteiger partial charge in [0, 0.05) is 5.69 Å². The number of nitrogens with zero attached hydrogens (tertiary/aromatic N) is 1. The van der Waals surface area contributed by atoms with Gasteiger partial charge in [-0.3, -0.25) is 9.89 Å². The van der Waals surface area contributed by atoms with E-state index in [1.54, 1.807) is 4.68 Å². The average Bonchev–Trinajstić information content (AvgIpc) is 2.56. The Bertz CT molecular complexity index is 609. The van der Waals surface area contributed by atoms with Crippen LogP contribution in [0.15, 0.2) is 29.1 Å². The van der Waals surface area contributed by atoms with E-state index in [4.69, 9.17) is 0 Å². The lowest BCUT2D eigenvalue weighted by Gasteiger charge is -2.19. The fourth-order valence-electron chi connectivity index (χ4n) is 2.08. The van der Waals surface area contributed by atoms with Gasteiger partial charge in [-0.05, 0) is 40.2 Å². The molecule has 96 valence electrons. The summed E-state index contributed by atoms with van der Waals surface area (Å²) in [6.07, 6.45) is 0. The summed E-state index contributed by atoms with van der Waals surface area (Å²) in [5.74, 6) is 0. The minimum absolute atomic E-state index is 0.0452. The van der Waals surface area contributed by atoms with Crippen molar-refractivity contribution < 1.29 is 0 Å². The molecule has 0 unspecified atom stereocenters. The summed E-state index contributed by atoms with van der Waals surface area (Å²) in [6.45, 7) is 10.0. The number of aromatic amines is 1. The predicted octanol–water partition coefficient (Wildman–Crippen LogP) is 3.22. The van der Waals surface area contributed by atoms with Crippen LogP contribution in [-0.4, -0.2) is 9.78 Å². The van der Waals surface area contributed by atoms with Crippen LogP contribution in [0.1, 0.15) is 32.0 Å². The molecular formula is C15H20N2O. The van der Waals surface area contributed by atoms with Gasteiger partial charge in [0.05, 0.1) is 11.1 Å². The maximum absolute atomic E-state index is 12.5. The van der Waals surface area contributed by atoms with Gasteiger partial charge in [-0.2, -0.15) is 0 Å². The number of aromatic nitrogens is 2. The highest BCUT2D eigenvalue weighted by molar-refractivity contribution is 5.65. The van der Waals surface area contributed by atoms with Gasteiger partial charge in [-0.25, -0.2) is 4.68 Å². The normalized spacial score (nSPS) is 11.8. The van der Waals surface area contributed by atoms with E-state index in [1.165, 1.54) is 5.56 Å². The predicted molar refractivity (Wildman–Crippen MR) is 75.0 cm³/mol. The highest BCUT2D eigenvalue weighted by Gasteiger charge is 2.21. The number of H-pyrrole nitrogens is 1. The van der Waals surface area contributed by atoms with Crippen molar-refractivity contribution in [1.82, 2.24) is 9.78 Å². The Morgan fingerprint density at radius 2 is 1.61 bits per heavy atom. The number of benzene rings is 1. The molecule has 0 spiro atoms. The van der Waals surface area contributed by atoms with Crippen molar-refractivity contribution in [2.24, 2.45) is 0 Å². The van der Waals surface area contributed by atoms with Crippen LogP contribution in [0, 0.1) is 13.8 Å². The van der Waals surface area contributed by atoms with E-state index in [9.17, 15) is 4.79 Å². The van der Waals surface area contributed by atoms with Crippen LogP contribution in [0.4, 0.5) is 0 Å². The smallest absolute Gasteiger partial charge is 0.275 e. The maximum Gasteiger partial charge on any atom is 0.275 e. The standard InChI is InChI=1S/C15H20N2O/c1-10-6-8-12(9-7-10)13-11(2)16-17(14(13)18)15(3,4)5/h6-9,16H,1-5H3. The van der Waals surface area contributed by atoms with E-state index in [0.29, 0.717) is 0 Å². The quantitative estimate of drug-likeness (QED) is 0.821. The van der Waals surface area contributed by atoms with Crippen LogP contribution >= 0.6 is 0 Å². The van der Waals surface area contributed by atoms with E-state index in [-0.39, 0.29) is 11.1 Å². The molecule has 2 aromatic rings. The second kappa shape index (κ2) is 4.16. The minimum atomic E-state index is -0.231. The molecule has 1 aromatic heterocycles. The number of rotatable bonds is 1. The summed E-state index contributed by atoms with van der Waals surface area (Å²) in [5.41, 5.74) is 3.67. The molecule has 18 heavy (non-hydrogen) atoms. The van der Waals surface area contributed by atoms with Crippen molar-refractivity contribution in [1.29, 1.82) is 0 Å². The summed E-state index contributed by atoms with van der Waals surface area (Å²) in [5, 5.41) is 3.17. The first-order valence-electron chi connectivity index (χ1n) is 6.20. The lowest BCUT2D eigenvalue weighted by atomic mass is 10.0. The van der Waals surface area contributed by atoms with E-state index < -0.39 is 0 Å². The topological polar surface area (TPSA) is 37.8 Å². The van der Waals surface area contributed by atoms with Crippen molar-refractivity contribution in [3.8, 4) is 11.1 Å². The molecule has 0 radical (unpaired) electrons. The van der Waals surface area contributed by atoms with Crippen LogP contribution in [0.2, 0.25) is 0 Å². The summed E-state index contributed by atoms with van der Waals surface area (Å²) in [7, 11) is 0. The number of nitrogens with one attached hydrogen (secondary N) is 1. The molecule has 0 saturated carbocycles. The van der Waals surface area contributed by atoms with Gasteiger partial charge in [-0.1, -0.05) is 29.8 Å². The fraction of sp³-hybridized carbons (Fsp3) is 0.400. The van der Waals surface area contributed by atoms with Crippen LogP contribution < -0.4 is 5.56 Å². The van der Waals surface area contributed by atoms with E-state index in [2.05, 4.69) is 5.10 Å². The number of aryl methyl sites for hydroxylation is 2. The first kappa shape index (κ1) is 12.7. The molecule has 0 aliphatic carbocycles. The second-order valence-corrected chi connectivity index (χ2v) is 5.79. The Labute approximate surface area is 107 Å². The third-order valence-corrected chi connectivity index (χ3v) is 3.08. The molecule has 3 heteroatoms. The molecule has 0 saturated heterocycles. The van der Waals surface area contributed by atoms with Crippen LogP contribution in [-0.2, 0) is 5.54 Å². The summed E-state index contributed by atoms with van der Waals surface area (Å²) >= 11 is 0. The lowest BCUT2D eigenvalue weighted by molar-refractivity contribution is 0.344. The Kier molecular flexibility index (Phi) is 2.93. The van der Waals surface area contributed by atoms with Crippen molar-refractivity contribution in [2.45, 2.75) is 40.2 Å². The first-order chi connectivity index (χ1) is 8.30. The highest BCUT2D eigenvalue weighted by atomic mass is 16.1. The maximum atomic E-state index is 12.5. The Morgan fingerprint density at radius 1 is 1.06 bits per heavy atom. The molecule has 0 bridgehead atoms. The number of hydrogen-bond donors (Lipinski definition) is 1. The van der Waals surface area contributed by atoms with Gasteiger partial charge in [-0.15, -0.1) is 0 Å². The summed E-state index contributed by atoms with van der Waals surface area (Å²) in [6, 6.07) is 8.06. The van der Waals surface area contributed by atoms with Gasteiger partial charge in [0.25, 0.3) is 5.56 Å². The molecular weight excluding hydrogens is 224 g/mol. The molecule has 1 N–H and O–H groups in total. The molecule has 0 atom stereocenters. The second-order valence-electron chi connectivity index (χ2n) is 5.79. The van der Waals surface area contributed by atoms with Crippen molar-refractivity contribution in [3.05, 3.63) is 45.9 Å². The SMILES string of the molecule is Cc1ccc(-c2c(C)[nH]n(C(C)(C)C)c2=O)cc1. The van der Waals surface area contributed by atoms with Gasteiger partial charge in [0.2, 0.25) is 0 Å². The first-order valence-corrected chi connectivity index (χ1v) is 6.20. The van der Waals surface area contributed by atoms with Crippen LogP contribution in [0.25, 0.3) is 11.1 Å². The highest BCUT2D eigenvalue weighted by Crippen LogP contribution is 2.21. The summed E-state index contributed by atoms with van der Waals surface area (Å²) < 4.78 is 1.69. The molecule has 0 aliphatic rings. The zero-order chi connectivity index (χ0) is 13.5. The lowest BCUT2D eigenvalue weighted by Crippen LogP contribution is -2.32. The zero-order valence-electron chi connectivity index (χ0n) is 11.7. The largest absolute Gasteiger partial charge is 0.299 e. The van der Waals surface area contributed by atoms with Gasteiger partial charge in [0.15, 0.2) is 0 Å². The molecule has 1 heterocycles. The fourth-order valence-corrected chi connectivity index (χ4v) is 2.08. The molecule has 2 rings (SSSR count). The number of hydrogen-bond acceptors (Lipinski definition) is 1. The van der Waals surface area contributed by atoms with Gasteiger partial charge >= 0.3 is 0 Å². The average molecular weight is 244 g/mol. The van der Waals surface area contributed by atoms with E-state index in [0.717, 1.165) is 16.8 Å². The van der Waals surface area contributed by atoms with E-state index >= 15 is 0 Å². The third-order valence-electron chi connectivity index (χ3n) is 3.08. The molecule has 0 aliphatic heterocycles. The van der Waals surface area contributed by atoms with Gasteiger partial charge in [0.1, 0.15) is 0 Å². The van der Waals surface area contributed by atoms with Crippen molar-refractivity contribution in [3.63, 3.8) is 0 Å².